The highest BCUT2D eigenvalue weighted by atomic mass is 16.4. The van der Waals surface area contributed by atoms with E-state index in [1.165, 1.54) is 30.6 Å². The average Bonchev–Trinajstić information content (AvgIpc) is 2.68. The summed E-state index contributed by atoms with van der Waals surface area (Å²) in [6.07, 6.45) is 2.83. The summed E-state index contributed by atoms with van der Waals surface area (Å²) in [5, 5.41) is 20.7. The smallest absolute Gasteiger partial charge is 0.337 e. The van der Waals surface area contributed by atoms with Gasteiger partial charge in [-0.2, -0.15) is 5.26 Å². The van der Waals surface area contributed by atoms with Crippen LogP contribution in [0.4, 0.5) is 5.69 Å². The van der Waals surface area contributed by atoms with Crippen LogP contribution in [0.3, 0.4) is 0 Å². The first-order chi connectivity index (χ1) is 13.0. The molecule has 1 heterocycles. The summed E-state index contributed by atoms with van der Waals surface area (Å²) in [5.74, 6) is -1.84. The topological polar surface area (TPSA) is 116 Å². The van der Waals surface area contributed by atoms with Gasteiger partial charge in [-0.25, -0.2) is 9.78 Å². The van der Waals surface area contributed by atoms with Crippen LogP contribution in [0.5, 0.6) is 0 Å². The van der Waals surface area contributed by atoms with Crippen LogP contribution in [0, 0.1) is 18.3 Å². The minimum absolute atomic E-state index is 0.0491. The summed E-state index contributed by atoms with van der Waals surface area (Å²) in [5.41, 5.74) is 2.73. The van der Waals surface area contributed by atoms with Crippen molar-refractivity contribution in [3.05, 3.63) is 77.2 Å². The second-order valence-corrected chi connectivity index (χ2v) is 5.73. The summed E-state index contributed by atoms with van der Waals surface area (Å²) in [4.78, 5) is 32.1. The Hall–Kier alpha value is -4.05. The Balaban J connectivity index is 1.84. The van der Waals surface area contributed by atoms with E-state index in [1.807, 2.05) is 37.3 Å². The zero-order valence-corrected chi connectivity index (χ0v) is 14.3. The number of benzene rings is 2. The molecule has 0 spiro atoms. The van der Waals surface area contributed by atoms with E-state index in [-0.39, 0.29) is 22.5 Å². The lowest BCUT2D eigenvalue weighted by molar-refractivity contribution is 0.0698. The quantitative estimate of drug-likeness (QED) is 0.739. The summed E-state index contributed by atoms with van der Waals surface area (Å²) < 4.78 is 0. The van der Waals surface area contributed by atoms with Gasteiger partial charge in [0, 0.05) is 5.56 Å². The van der Waals surface area contributed by atoms with Gasteiger partial charge in [0.05, 0.1) is 41.0 Å². The zero-order chi connectivity index (χ0) is 19.4. The highest BCUT2D eigenvalue weighted by Crippen LogP contribution is 2.21. The van der Waals surface area contributed by atoms with E-state index in [4.69, 9.17) is 5.26 Å². The number of carboxylic acid groups (broad SMARTS) is 1. The molecule has 0 bridgehead atoms. The molecule has 27 heavy (non-hydrogen) atoms. The number of anilines is 1. The molecular weight excluding hydrogens is 344 g/mol. The second kappa shape index (κ2) is 7.45. The molecule has 7 heteroatoms. The number of hydrogen-bond acceptors (Lipinski definition) is 5. The van der Waals surface area contributed by atoms with Crippen LogP contribution >= 0.6 is 0 Å². The van der Waals surface area contributed by atoms with Gasteiger partial charge in [-0.1, -0.05) is 24.3 Å². The van der Waals surface area contributed by atoms with Gasteiger partial charge in [-0.3, -0.25) is 9.78 Å². The van der Waals surface area contributed by atoms with Crippen molar-refractivity contribution >= 4 is 17.6 Å². The summed E-state index contributed by atoms with van der Waals surface area (Å²) in [6.45, 7) is 1.95. The number of aromatic carboxylic acids is 1. The largest absolute Gasteiger partial charge is 0.478 e. The predicted molar refractivity (Wildman–Crippen MR) is 98.3 cm³/mol. The molecule has 0 aliphatic carbocycles. The summed E-state index contributed by atoms with van der Waals surface area (Å²) >= 11 is 0. The second-order valence-electron chi connectivity index (χ2n) is 5.73. The van der Waals surface area contributed by atoms with Gasteiger partial charge < -0.3 is 10.4 Å². The maximum Gasteiger partial charge on any atom is 0.337 e. The van der Waals surface area contributed by atoms with E-state index < -0.39 is 11.9 Å². The first-order valence-electron chi connectivity index (χ1n) is 7.96. The first kappa shape index (κ1) is 17.8. The van der Waals surface area contributed by atoms with Gasteiger partial charge in [-0.05, 0) is 30.7 Å². The number of nitriles is 1. The molecule has 0 saturated heterocycles. The molecule has 3 aromatic rings. The fourth-order valence-electron chi connectivity index (χ4n) is 2.53. The van der Waals surface area contributed by atoms with E-state index in [0.29, 0.717) is 5.69 Å². The van der Waals surface area contributed by atoms with Crippen molar-refractivity contribution in [3.8, 4) is 17.3 Å². The van der Waals surface area contributed by atoms with Crippen molar-refractivity contribution in [2.45, 2.75) is 6.92 Å². The Morgan fingerprint density at radius 2 is 1.89 bits per heavy atom. The lowest BCUT2D eigenvalue weighted by atomic mass is 10.1. The van der Waals surface area contributed by atoms with Gasteiger partial charge in [0.1, 0.15) is 5.69 Å². The minimum atomic E-state index is -1.25. The molecule has 0 aliphatic heterocycles. The fraction of sp³-hybridized carbons (Fsp3) is 0.0500. The molecule has 2 N–H and O–H groups in total. The third-order valence-corrected chi connectivity index (χ3v) is 3.93. The van der Waals surface area contributed by atoms with Crippen molar-refractivity contribution in [2.24, 2.45) is 0 Å². The van der Waals surface area contributed by atoms with Crippen LogP contribution in [-0.2, 0) is 0 Å². The number of carbonyl (C=O) groups excluding carboxylic acids is 1. The number of nitrogens with zero attached hydrogens (tertiary/aromatic N) is 3. The van der Waals surface area contributed by atoms with Crippen molar-refractivity contribution in [1.82, 2.24) is 9.97 Å². The molecule has 0 fully saturated rings. The van der Waals surface area contributed by atoms with Gasteiger partial charge >= 0.3 is 5.97 Å². The highest BCUT2D eigenvalue weighted by Gasteiger charge is 2.16. The van der Waals surface area contributed by atoms with E-state index in [1.54, 1.807) is 0 Å². The Morgan fingerprint density at radius 3 is 2.52 bits per heavy atom. The van der Waals surface area contributed by atoms with E-state index in [0.717, 1.165) is 11.1 Å². The molecule has 0 aliphatic rings. The number of rotatable bonds is 4. The maximum absolute atomic E-state index is 12.4. The van der Waals surface area contributed by atoms with Crippen molar-refractivity contribution in [3.63, 3.8) is 0 Å². The average molecular weight is 358 g/mol. The van der Waals surface area contributed by atoms with Crippen LogP contribution in [0.15, 0.2) is 54.9 Å². The van der Waals surface area contributed by atoms with E-state index in [9.17, 15) is 14.7 Å². The highest BCUT2D eigenvalue weighted by molar-refractivity contribution is 6.06. The molecular formula is C20H14N4O3. The van der Waals surface area contributed by atoms with Gasteiger partial charge in [-0.15, -0.1) is 0 Å². The first-order valence-corrected chi connectivity index (χ1v) is 7.96. The molecule has 3 rings (SSSR count). The number of aryl methyl sites for hydroxylation is 1. The monoisotopic (exact) mass is 358 g/mol. The third-order valence-electron chi connectivity index (χ3n) is 3.93. The molecule has 1 amide bonds. The van der Waals surface area contributed by atoms with E-state index in [2.05, 4.69) is 15.3 Å². The lowest BCUT2D eigenvalue weighted by Crippen LogP contribution is -2.16. The van der Waals surface area contributed by atoms with Crippen LogP contribution < -0.4 is 5.32 Å². The zero-order valence-electron chi connectivity index (χ0n) is 14.3. The standard InChI is InChI=1S/C20H14N4O3/c1-12-4-2-3-5-14(12)17-10-23-18(11-22-17)19(25)24-16-7-6-13(9-21)8-15(16)20(26)27/h2-8,10-11H,1H3,(H,24,25)(H,26,27). The molecule has 1 aromatic heterocycles. The molecule has 0 radical (unpaired) electrons. The minimum Gasteiger partial charge on any atom is -0.478 e. The molecule has 7 nitrogen and oxygen atoms in total. The number of amides is 1. The Labute approximate surface area is 155 Å². The molecule has 132 valence electrons. The normalized spacial score (nSPS) is 10.1. The molecule has 0 saturated carbocycles. The lowest BCUT2D eigenvalue weighted by Gasteiger charge is -2.09. The van der Waals surface area contributed by atoms with Crippen LogP contribution in [-0.4, -0.2) is 27.0 Å². The number of nitrogens with one attached hydrogen (secondary N) is 1. The van der Waals surface area contributed by atoms with Crippen molar-refractivity contribution in [2.75, 3.05) is 5.32 Å². The van der Waals surface area contributed by atoms with Crippen molar-refractivity contribution in [1.29, 1.82) is 5.26 Å². The Morgan fingerprint density at radius 1 is 1.11 bits per heavy atom. The predicted octanol–water partition coefficient (Wildman–Crippen LogP) is 3.27. The fourth-order valence-corrected chi connectivity index (χ4v) is 2.53. The molecule has 0 unspecified atom stereocenters. The SMILES string of the molecule is Cc1ccccc1-c1cnc(C(=O)Nc2ccc(C#N)cc2C(=O)O)cn1. The number of carbonyl (C=O) groups is 2. The third kappa shape index (κ3) is 3.80. The summed E-state index contributed by atoms with van der Waals surface area (Å²) in [7, 11) is 0. The molecule has 2 aromatic carbocycles. The van der Waals surface area contributed by atoms with Crippen LogP contribution in [0.1, 0.15) is 32.0 Å². The summed E-state index contributed by atoms with van der Waals surface area (Å²) in [6, 6.07) is 13.5. The number of aromatic nitrogens is 2. The van der Waals surface area contributed by atoms with Crippen LogP contribution in [0.25, 0.3) is 11.3 Å². The Bertz CT molecular complexity index is 1070. The van der Waals surface area contributed by atoms with Gasteiger partial charge in [0.25, 0.3) is 5.91 Å². The Kier molecular flexibility index (Phi) is 4.90. The van der Waals surface area contributed by atoms with Crippen LogP contribution in [0.2, 0.25) is 0 Å². The van der Waals surface area contributed by atoms with Crippen molar-refractivity contribution < 1.29 is 14.7 Å². The maximum atomic E-state index is 12.4. The van der Waals surface area contributed by atoms with Gasteiger partial charge in [0.15, 0.2) is 0 Å². The van der Waals surface area contributed by atoms with E-state index >= 15 is 0 Å². The number of hydrogen-bond donors (Lipinski definition) is 2. The van der Waals surface area contributed by atoms with Gasteiger partial charge in [0.2, 0.25) is 0 Å². The number of carboxylic acids is 1. The molecule has 0 atom stereocenters.